The van der Waals surface area contributed by atoms with E-state index in [1.807, 2.05) is 48.1 Å². The number of nitro groups is 1. The lowest BCUT2D eigenvalue weighted by molar-refractivity contribution is -0.384. The zero-order chi connectivity index (χ0) is 19.9. The maximum absolute atomic E-state index is 10.9. The number of nitro benzene ring substituents is 1. The molecule has 0 fully saturated rings. The number of halogens is 1. The van der Waals surface area contributed by atoms with Crippen LogP contribution >= 0.6 is 24.0 Å². The van der Waals surface area contributed by atoms with E-state index in [0.29, 0.717) is 12.5 Å². The fourth-order valence-electron chi connectivity index (χ4n) is 2.81. The van der Waals surface area contributed by atoms with Crippen molar-refractivity contribution in [2.45, 2.75) is 19.5 Å². The molecule has 9 heteroatoms. The van der Waals surface area contributed by atoms with Crippen molar-refractivity contribution >= 4 is 35.6 Å². The molecule has 0 aliphatic heterocycles. The van der Waals surface area contributed by atoms with Crippen molar-refractivity contribution in [2.24, 2.45) is 4.99 Å². The van der Waals surface area contributed by atoms with E-state index < -0.39 is 4.92 Å². The van der Waals surface area contributed by atoms with Gasteiger partial charge < -0.3 is 10.6 Å². The standard InChI is InChI=1S/C20H22N6O2.HI/c1-15(17-7-4-8-18(13-17)25-11-5-10-23-25)24-20(21-2)22-14-16-6-3-9-19(12-16)26(27)28;/h3-13,15H,14H2,1-2H3,(H2,21,22,24);1H. The Labute approximate surface area is 186 Å². The van der Waals surface area contributed by atoms with Gasteiger partial charge in [-0.05, 0) is 36.2 Å². The van der Waals surface area contributed by atoms with Crippen LogP contribution in [-0.4, -0.2) is 27.7 Å². The zero-order valence-corrected chi connectivity index (χ0v) is 18.5. The van der Waals surface area contributed by atoms with Crippen molar-refractivity contribution in [2.75, 3.05) is 7.05 Å². The number of aromatic nitrogens is 2. The van der Waals surface area contributed by atoms with Gasteiger partial charge in [-0.25, -0.2) is 4.68 Å². The Morgan fingerprint density at radius 2 is 2.03 bits per heavy atom. The smallest absolute Gasteiger partial charge is 0.269 e. The Kier molecular flexibility index (Phi) is 8.13. The summed E-state index contributed by atoms with van der Waals surface area (Å²) in [6, 6.07) is 16.5. The van der Waals surface area contributed by atoms with E-state index in [4.69, 9.17) is 0 Å². The highest BCUT2D eigenvalue weighted by molar-refractivity contribution is 14.0. The van der Waals surface area contributed by atoms with E-state index in [-0.39, 0.29) is 35.7 Å². The molecule has 0 bridgehead atoms. The van der Waals surface area contributed by atoms with Crippen LogP contribution in [0.5, 0.6) is 0 Å². The Hall–Kier alpha value is -2.95. The summed E-state index contributed by atoms with van der Waals surface area (Å²) in [5.41, 5.74) is 2.96. The van der Waals surface area contributed by atoms with E-state index in [1.54, 1.807) is 25.4 Å². The molecule has 2 aromatic carbocycles. The quantitative estimate of drug-likeness (QED) is 0.174. The molecule has 0 aliphatic rings. The maximum Gasteiger partial charge on any atom is 0.269 e. The van der Waals surface area contributed by atoms with Crippen LogP contribution in [0, 0.1) is 10.1 Å². The molecule has 0 aliphatic carbocycles. The average Bonchev–Trinajstić information content (AvgIpc) is 3.26. The van der Waals surface area contributed by atoms with Crippen LogP contribution in [0.15, 0.2) is 72.0 Å². The third kappa shape index (κ3) is 6.01. The van der Waals surface area contributed by atoms with Crippen LogP contribution in [0.4, 0.5) is 5.69 Å². The van der Waals surface area contributed by atoms with Gasteiger partial charge in [0.05, 0.1) is 16.7 Å². The van der Waals surface area contributed by atoms with E-state index in [1.165, 1.54) is 6.07 Å². The minimum absolute atomic E-state index is 0. The van der Waals surface area contributed by atoms with E-state index in [9.17, 15) is 10.1 Å². The lowest BCUT2D eigenvalue weighted by Crippen LogP contribution is -2.38. The van der Waals surface area contributed by atoms with Crippen LogP contribution in [-0.2, 0) is 6.54 Å². The van der Waals surface area contributed by atoms with Gasteiger partial charge in [0.1, 0.15) is 0 Å². The molecule has 0 amide bonds. The first-order valence-corrected chi connectivity index (χ1v) is 8.87. The van der Waals surface area contributed by atoms with Crippen LogP contribution in [0.25, 0.3) is 5.69 Å². The fraction of sp³-hybridized carbons (Fsp3) is 0.200. The molecular weight excluding hydrogens is 483 g/mol. The van der Waals surface area contributed by atoms with Crippen molar-refractivity contribution in [1.82, 2.24) is 20.4 Å². The summed E-state index contributed by atoms with van der Waals surface area (Å²) in [7, 11) is 1.69. The average molecular weight is 506 g/mol. The Bertz CT molecular complexity index is 975. The zero-order valence-electron chi connectivity index (χ0n) is 16.1. The number of nitrogens with one attached hydrogen (secondary N) is 2. The fourth-order valence-corrected chi connectivity index (χ4v) is 2.81. The van der Waals surface area contributed by atoms with Crippen LogP contribution in [0.2, 0.25) is 0 Å². The first-order chi connectivity index (χ1) is 13.6. The molecule has 2 N–H and O–H groups in total. The molecule has 8 nitrogen and oxygen atoms in total. The highest BCUT2D eigenvalue weighted by Crippen LogP contribution is 2.17. The third-order valence-electron chi connectivity index (χ3n) is 4.30. The number of non-ortho nitro benzene ring substituents is 1. The molecule has 1 atom stereocenters. The second kappa shape index (κ2) is 10.6. The van der Waals surface area contributed by atoms with Gasteiger partial charge in [0, 0.05) is 38.1 Å². The normalized spacial score (nSPS) is 12.0. The lowest BCUT2D eigenvalue weighted by Gasteiger charge is -2.19. The van der Waals surface area contributed by atoms with Gasteiger partial charge in [-0.2, -0.15) is 5.10 Å². The molecule has 0 spiro atoms. The molecule has 3 rings (SSSR count). The van der Waals surface area contributed by atoms with Gasteiger partial charge in [-0.3, -0.25) is 15.1 Å². The Morgan fingerprint density at radius 1 is 1.24 bits per heavy atom. The SMILES string of the molecule is CN=C(NCc1cccc([N+](=O)[O-])c1)NC(C)c1cccc(-n2cccn2)c1.I. The molecular formula is C20H23IN6O2. The number of aliphatic imine (C=N–C) groups is 1. The largest absolute Gasteiger partial charge is 0.352 e. The first-order valence-electron chi connectivity index (χ1n) is 8.87. The Morgan fingerprint density at radius 3 is 2.72 bits per heavy atom. The van der Waals surface area contributed by atoms with Gasteiger partial charge in [0.25, 0.3) is 5.69 Å². The van der Waals surface area contributed by atoms with E-state index in [2.05, 4.69) is 26.8 Å². The summed E-state index contributed by atoms with van der Waals surface area (Å²) < 4.78 is 1.81. The number of benzene rings is 2. The predicted molar refractivity (Wildman–Crippen MR) is 124 cm³/mol. The first kappa shape index (κ1) is 22.3. The summed E-state index contributed by atoms with van der Waals surface area (Å²) in [6.07, 6.45) is 3.64. The van der Waals surface area contributed by atoms with Crippen LogP contribution in [0.1, 0.15) is 24.1 Å². The summed E-state index contributed by atoms with van der Waals surface area (Å²) in [5, 5.41) is 21.7. The number of hydrogen-bond acceptors (Lipinski definition) is 4. The molecule has 29 heavy (non-hydrogen) atoms. The van der Waals surface area contributed by atoms with Gasteiger partial charge in [-0.1, -0.05) is 24.3 Å². The summed E-state index contributed by atoms with van der Waals surface area (Å²) in [4.78, 5) is 14.7. The number of nitrogens with zero attached hydrogens (tertiary/aromatic N) is 4. The third-order valence-corrected chi connectivity index (χ3v) is 4.30. The number of rotatable bonds is 6. The van der Waals surface area contributed by atoms with Gasteiger partial charge in [-0.15, -0.1) is 24.0 Å². The minimum atomic E-state index is -0.398. The molecule has 3 aromatic rings. The van der Waals surface area contributed by atoms with E-state index in [0.717, 1.165) is 16.8 Å². The minimum Gasteiger partial charge on any atom is -0.352 e. The van der Waals surface area contributed by atoms with Crippen molar-refractivity contribution < 1.29 is 4.92 Å². The van der Waals surface area contributed by atoms with Crippen molar-refractivity contribution in [3.05, 3.63) is 88.2 Å². The highest BCUT2D eigenvalue weighted by atomic mass is 127. The van der Waals surface area contributed by atoms with E-state index >= 15 is 0 Å². The van der Waals surface area contributed by atoms with Gasteiger partial charge >= 0.3 is 0 Å². The van der Waals surface area contributed by atoms with Crippen molar-refractivity contribution in [1.29, 1.82) is 0 Å². The molecule has 1 aromatic heterocycles. The molecule has 152 valence electrons. The van der Waals surface area contributed by atoms with Gasteiger partial charge in [0.2, 0.25) is 0 Å². The van der Waals surface area contributed by atoms with Crippen molar-refractivity contribution in [3.8, 4) is 5.69 Å². The number of hydrogen-bond donors (Lipinski definition) is 2. The molecule has 0 radical (unpaired) electrons. The summed E-state index contributed by atoms with van der Waals surface area (Å²) >= 11 is 0. The molecule has 1 heterocycles. The summed E-state index contributed by atoms with van der Waals surface area (Å²) in [5.74, 6) is 0.614. The second-order valence-corrected chi connectivity index (χ2v) is 6.26. The monoisotopic (exact) mass is 506 g/mol. The number of guanidine groups is 1. The predicted octanol–water partition coefficient (Wildman–Crippen LogP) is 3.82. The molecule has 0 saturated carbocycles. The van der Waals surface area contributed by atoms with Crippen LogP contribution in [0.3, 0.4) is 0 Å². The molecule has 0 saturated heterocycles. The second-order valence-electron chi connectivity index (χ2n) is 6.26. The van der Waals surface area contributed by atoms with Crippen molar-refractivity contribution in [3.63, 3.8) is 0 Å². The highest BCUT2D eigenvalue weighted by Gasteiger charge is 2.10. The van der Waals surface area contributed by atoms with Crippen LogP contribution < -0.4 is 10.6 Å². The summed E-state index contributed by atoms with van der Waals surface area (Å²) in [6.45, 7) is 2.48. The lowest BCUT2D eigenvalue weighted by atomic mass is 10.1. The topological polar surface area (TPSA) is 97.4 Å². The Balaban J connectivity index is 0.00000300. The molecule has 1 unspecified atom stereocenters. The maximum atomic E-state index is 10.9. The van der Waals surface area contributed by atoms with Gasteiger partial charge in [0.15, 0.2) is 5.96 Å².